The smallest absolute Gasteiger partial charge is 0.251 e. The Morgan fingerprint density at radius 1 is 1.17 bits per heavy atom. The zero-order valence-electron chi connectivity index (χ0n) is 14.5. The minimum Gasteiger partial charge on any atom is -0.497 e. The topological polar surface area (TPSA) is 41.6 Å². The molecular formula is C20H24N2O2. The van der Waals surface area contributed by atoms with E-state index in [0.717, 1.165) is 24.3 Å². The summed E-state index contributed by atoms with van der Waals surface area (Å²) in [7, 11) is 5.61. The van der Waals surface area contributed by atoms with Crippen molar-refractivity contribution in [2.75, 3.05) is 32.6 Å². The van der Waals surface area contributed by atoms with Crippen molar-refractivity contribution < 1.29 is 9.53 Å². The number of nitrogens with one attached hydrogen (secondary N) is 1. The highest BCUT2D eigenvalue weighted by atomic mass is 16.5. The lowest BCUT2D eigenvalue weighted by atomic mass is 9.95. The summed E-state index contributed by atoms with van der Waals surface area (Å²) >= 11 is 0. The quantitative estimate of drug-likeness (QED) is 0.887. The molecule has 1 amide bonds. The minimum absolute atomic E-state index is 0.0153. The fraction of sp³-hybridized carbons (Fsp3) is 0.350. The van der Waals surface area contributed by atoms with Gasteiger partial charge in [-0.3, -0.25) is 4.79 Å². The molecule has 24 heavy (non-hydrogen) atoms. The van der Waals surface area contributed by atoms with Crippen molar-refractivity contribution in [1.29, 1.82) is 0 Å². The van der Waals surface area contributed by atoms with Gasteiger partial charge in [0.05, 0.1) is 7.11 Å². The van der Waals surface area contributed by atoms with Crippen molar-refractivity contribution >= 4 is 11.6 Å². The third-order valence-electron chi connectivity index (χ3n) is 4.77. The average Bonchev–Trinajstić information content (AvgIpc) is 3.41. The third kappa shape index (κ3) is 3.37. The Hall–Kier alpha value is -2.49. The summed E-state index contributed by atoms with van der Waals surface area (Å²) in [5, 5.41) is 3.11. The van der Waals surface area contributed by atoms with Crippen LogP contribution in [0.2, 0.25) is 0 Å². The fourth-order valence-corrected chi connectivity index (χ4v) is 2.94. The molecule has 0 bridgehead atoms. The van der Waals surface area contributed by atoms with E-state index in [-0.39, 0.29) is 11.3 Å². The van der Waals surface area contributed by atoms with Crippen LogP contribution >= 0.6 is 0 Å². The van der Waals surface area contributed by atoms with Gasteiger partial charge in [-0.05, 0) is 48.7 Å². The highest BCUT2D eigenvalue weighted by molar-refractivity contribution is 5.95. The van der Waals surface area contributed by atoms with Crippen LogP contribution in [0.25, 0.3) is 0 Å². The molecule has 2 aromatic carbocycles. The molecule has 0 aliphatic heterocycles. The van der Waals surface area contributed by atoms with Crippen LogP contribution in [-0.4, -0.2) is 33.7 Å². The molecule has 0 saturated heterocycles. The molecule has 126 valence electrons. The van der Waals surface area contributed by atoms with Gasteiger partial charge in [0, 0.05) is 37.3 Å². The number of hydrogen-bond donors (Lipinski definition) is 1. The van der Waals surface area contributed by atoms with Gasteiger partial charge >= 0.3 is 0 Å². The van der Waals surface area contributed by atoms with E-state index in [1.54, 1.807) is 7.11 Å². The molecule has 2 aromatic rings. The first-order valence-electron chi connectivity index (χ1n) is 8.24. The number of amides is 1. The minimum atomic E-state index is -0.0153. The van der Waals surface area contributed by atoms with Gasteiger partial charge in [0.15, 0.2) is 0 Å². The van der Waals surface area contributed by atoms with Crippen LogP contribution < -0.4 is 15.0 Å². The lowest BCUT2D eigenvalue weighted by Crippen LogP contribution is -2.32. The fourth-order valence-electron chi connectivity index (χ4n) is 2.94. The van der Waals surface area contributed by atoms with Gasteiger partial charge in [0.25, 0.3) is 5.91 Å². The van der Waals surface area contributed by atoms with E-state index in [1.807, 2.05) is 55.4 Å². The molecule has 0 unspecified atom stereocenters. The van der Waals surface area contributed by atoms with Crippen LogP contribution in [0.1, 0.15) is 28.8 Å². The lowest BCUT2D eigenvalue weighted by molar-refractivity contribution is 0.0949. The Morgan fingerprint density at radius 3 is 2.46 bits per heavy atom. The highest BCUT2D eigenvalue weighted by Gasteiger charge is 2.44. The SMILES string of the molecule is COc1ccc(C2(CNC(=O)c3cccc(N(C)C)c3)CC2)cc1. The average molecular weight is 324 g/mol. The number of nitrogens with zero attached hydrogens (tertiary/aromatic N) is 1. The monoisotopic (exact) mass is 324 g/mol. The van der Waals surface area contributed by atoms with Crippen LogP contribution in [0.5, 0.6) is 5.75 Å². The summed E-state index contributed by atoms with van der Waals surface area (Å²) in [5.74, 6) is 0.845. The zero-order valence-corrected chi connectivity index (χ0v) is 14.5. The maximum Gasteiger partial charge on any atom is 0.251 e. The molecule has 1 saturated carbocycles. The van der Waals surface area contributed by atoms with Gasteiger partial charge in [0.2, 0.25) is 0 Å². The summed E-state index contributed by atoms with van der Waals surface area (Å²) in [6.45, 7) is 0.671. The normalized spacial score (nSPS) is 14.8. The summed E-state index contributed by atoms with van der Waals surface area (Å²) in [5.41, 5.74) is 3.08. The second-order valence-corrected chi connectivity index (χ2v) is 6.64. The van der Waals surface area contributed by atoms with Crippen molar-refractivity contribution in [2.45, 2.75) is 18.3 Å². The maximum absolute atomic E-state index is 12.5. The van der Waals surface area contributed by atoms with Gasteiger partial charge in [-0.2, -0.15) is 0 Å². The second kappa shape index (κ2) is 6.56. The van der Waals surface area contributed by atoms with E-state index in [1.165, 1.54) is 5.56 Å². The molecule has 4 heteroatoms. The Morgan fingerprint density at radius 2 is 1.88 bits per heavy atom. The Bertz CT molecular complexity index is 719. The summed E-state index contributed by atoms with van der Waals surface area (Å²) < 4.78 is 5.22. The van der Waals surface area contributed by atoms with Gasteiger partial charge in [-0.15, -0.1) is 0 Å². The van der Waals surface area contributed by atoms with E-state index in [9.17, 15) is 4.79 Å². The predicted octanol–water partition coefficient (Wildman–Crippen LogP) is 3.22. The number of carbonyl (C=O) groups is 1. The molecule has 0 spiro atoms. The lowest BCUT2D eigenvalue weighted by Gasteiger charge is -2.18. The van der Waals surface area contributed by atoms with E-state index < -0.39 is 0 Å². The molecule has 1 fully saturated rings. The summed E-state index contributed by atoms with van der Waals surface area (Å²) in [4.78, 5) is 14.5. The van der Waals surface area contributed by atoms with Crippen LogP contribution in [0, 0.1) is 0 Å². The summed E-state index contributed by atoms with van der Waals surface area (Å²) in [6.07, 6.45) is 2.22. The number of methoxy groups -OCH3 is 1. The van der Waals surface area contributed by atoms with Crippen LogP contribution in [0.3, 0.4) is 0 Å². The van der Waals surface area contributed by atoms with E-state index in [4.69, 9.17) is 4.74 Å². The largest absolute Gasteiger partial charge is 0.497 e. The number of anilines is 1. The van der Waals surface area contributed by atoms with Crippen molar-refractivity contribution in [2.24, 2.45) is 0 Å². The number of ether oxygens (including phenoxy) is 1. The zero-order chi connectivity index (χ0) is 17.2. The van der Waals surface area contributed by atoms with Crippen molar-refractivity contribution in [3.05, 3.63) is 59.7 Å². The molecule has 3 rings (SSSR count). The van der Waals surface area contributed by atoms with Gasteiger partial charge < -0.3 is 15.0 Å². The van der Waals surface area contributed by atoms with E-state index in [2.05, 4.69) is 17.4 Å². The van der Waals surface area contributed by atoms with E-state index in [0.29, 0.717) is 12.1 Å². The molecular weight excluding hydrogens is 300 g/mol. The molecule has 4 nitrogen and oxygen atoms in total. The molecule has 0 aromatic heterocycles. The molecule has 1 N–H and O–H groups in total. The standard InChI is InChI=1S/C20H24N2O2/c1-22(2)17-6-4-5-15(13-17)19(23)21-14-20(11-12-20)16-7-9-18(24-3)10-8-16/h4-10,13H,11-12,14H2,1-3H3,(H,21,23). The maximum atomic E-state index is 12.5. The van der Waals surface area contributed by atoms with Crippen LogP contribution in [0.15, 0.2) is 48.5 Å². The number of benzene rings is 2. The van der Waals surface area contributed by atoms with Crippen molar-refractivity contribution in [1.82, 2.24) is 5.32 Å². The van der Waals surface area contributed by atoms with Crippen molar-refractivity contribution in [3.8, 4) is 5.75 Å². The first kappa shape index (κ1) is 16.4. The van der Waals surface area contributed by atoms with Gasteiger partial charge in [-0.1, -0.05) is 18.2 Å². The highest BCUT2D eigenvalue weighted by Crippen LogP contribution is 2.47. The Labute approximate surface area is 143 Å². The first-order chi connectivity index (χ1) is 11.5. The Kier molecular flexibility index (Phi) is 4.47. The van der Waals surface area contributed by atoms with Gasteiger partial charge in [-0.25, -0.2) is 0 Å². The number of rotatable bonds is 6. The third-order valence-corrected chi connectivity index (χ3v) is 4.77. The Balaban J connectivity index is 1.66. The molecule has 1 aliphatic carbocycles. The summed E-state index contributed by atoms with van der Waals surface area (Å²) in [6, 6.07) is 15.9. The molecule has 0 atom stereocenters. The number of carbonyl (C=O) groups excluding carboxylic acids is 1. The van der Waals surface area contributed by atoms with Gasteiger partial charge in [0.1, 0.15) is 5.75 Å². The molecule has 0 radical (unpaired) electrons. The van der Waals surface area contributed by atoms with Crippen LogP contribution in [-0.2, 0) is 5.41 Å². The molecule has 1 aliphatic rings. The van der Waals surface area contributed by atoms with E-state index >= 15 is 0 Å². The number of hydrogen-bond acceptors (Lipinski definition) is 3. The second-order valence-electron chi connectivity index (χ2n) is 6.64. The molecule has 0 heterocycles. The first-order valence-corrected chi connectivity index (χ1v) is 8.24. The van der Waals surface area contributed by atoms with Crippen LogP contribution in [0.4, 0.5) is 5.69 Å². The predicted molar refractivity (Wildman–Crippen MR) is 97.0 cm³/mol. The van der Waals surface area contributed by atoms with Crippen molar-refractivity contribution in [3.63, 3.8) is 0 Å².